The standard InChI is InChI=1S/C30H18Cl6F2S/c31-23-5-1-3-17(29(23)35)7-13-27(21-11-9-19(37)15-25(21)33)39-28(22-12-10-20(38)16-26(22)34)14-8-18-4-2-6-24(32)30(18)36/h1-16,27-28H. The van der Waals surface area contributed by atoms with Crippen LogP contribution in [-0.4, -0.2) is 0 Å². The highest BCUT2D eigenvalue weighted by Crippen LogP contribution is 2.47. The Labute approximate surface area is 260 Å². The van der Waals surface area contributed by atoms with Crippen molar-refractivity contribution in [2.45, 2.75) is 10.5 Å². The summed E-state index contributed by atoms with van der Waals surface area (Å²) in [5.41, 5.74) is 2.72. The average Bonchev–Trinajstić information content (AvgIpc) is 2.89. The maximum absolute atomic E-state index is 13.9. The molecule has 0 aliphatic carbocycles. The molecule has 9 heteroatoms. The third-order valence-corrected chi connectivity index (χ3v) is 9.43. The van der Waals surface area contributed by atoms with E-state index in [-0.39, 0.29) is 10.0 Å². The first-order chi connectivity index (χ1) is 18.6. The molecule has 0 aliphatic rings. The molecule has 4 rings (SSSR count). The lowest BCUT2D eigenvalue weighted by atomic mass is 10.1. The molecule has 200 valence electrons. The van der Waals surface area contributed by atoms with Crippen LogP contribution >= 0.6 is 81.4 Å². The molecule has 0 radical (unpaired) electrons. The summed E-state index contributed by atoms with van der Waals surface area (Å²) in [6.45, 7) is 0. The fraction of sp³-hybridized carbons (Fsp3) is 0.0667. The average molecular weight is 661 g/mol. The number of hydrogen-bond acceptors (Lipinski definition) is 1. The first kappa shape index (κ1) is 30.3. The lowest BCUT2D eigenvalue weighted by Gasteiger charge is -2.22. The van der Waals surface area contributed by atoms with Gasteiger partial charge in [-0.15, -0.1) is 11.8 Å². The van der Waals surface area contributed by atoms with Gasteiger partial charge < -0.3 is 0 Å². The van der Waals surface area contributed by atoms with Crippen LogP contribution in [0.15, 0.2) is 84.9 Å². The van der Waals surface area contributed by atoms with Gasteiger partial charge in [0.05, 0.1) is 30.6 Å². The minimum Gasteiger partial charge on any atom is -0.207 e. The zero-order chi connectivity index (χ0) is 28.1. The summed E-state index contributed by atoms with van der Waals surface area (Å²) >= 11 is 39.6. The third-order valence-electron chi connectivity index (χ3n) is 5.70. The lowest BCUT2D eigenvalue weighted by molar-refractivity contribution is 0.627. The SMILES string of the molecule is Fc1ccc(C(C=Cc2cccc(Cl)c2Cl)SC(C=Cc2cccc(Cl)c2Cl)c2ccc(F)cc2Cl)c(Cl)c1. The van der Waals surface area contributed by atoms with E-state index in [0.29, 0.717) is 42.3 Å². The normalized spacial score (nSPS) is 13.3. The van der Waals surface area contributed by atoms with Gasteiger partial charge in [0.1, 0.15) is 11.6 Å². The van der Waals surface area contributed by atoms with Crippen LogP contribution in [0, 0.1) is 11.6 Å². The molecular weight excluding hydrogens is 643 g/mol. The topological polar surface area (TPSA) is 0 Å². The molecule has 2 unspecified atom stereocenters. The highest BCUT2D eigenvalue weighted by atomic mass is 35.5. The second-order valence-corrected chi connectivity index (χ2v) is 12.0. The molecule has 0 saturated carbocycles. The van der Waals surface area contributed by atoms with Crippen molar-refractivity contribution in [1.82, 2.24) is 0 Å². The molecule has 0 heterocycles. The van der Waals surface area contributed by atoms with Gasteiger partial charge in [0.2, 0.25) is 0 Å². The molecular formula is C30H18Cl6F2S. The van der Waals surface area contributed by atoms with Crippen LogP contribution in [-0.2, 0) is 0 Å². The molecule has 0 nitrogen and oxygen atoms in total. The van der Waals surface area contributed by atoms with Crippen molar-refractivity contribution in [2.24, 2.45) is 0 Å². The molecule has 0 N–H and O–H groups in total. The van der Waals surface area contributed by atoms with Crippen LogP contribution in [0.5, 0.6) is 0 Å². The Morgan fingerprint density at radius 1 is 0.538 bits per heavy atom. The third kappa shape index (κ3) is 7.74. The van der Waals surface area contributed by atoms with E-state index in [4.69, 9.17) is 69.6 Å². The largest absolute Gasteiger partial charge is 0.207 e. The van der Waals surface area contributed by atoms with Gasteiger partial charge in [-0.1, -0.05) is 130 Å². The number of thioether (sulfide) groups is 1. The summed E-state index contributed by atoms with van der Waals surface area (Å²) in [5.74, 6) is -0.911. The number of benzene rings is 4. The molecule has 0 spiro atoms. The predicted octanol–water partition coefficient (Wildman–Crippen LogP) is 12.8. The van der Waals surface area contributed by atoms with Crippen LogP contribution in [0.25, 0.3) is 12.2 Å². The van der Waals surface area contributed by atoms with E-state index >= 15 is 0 Å². The van der Waals surface area contributed by atoms with Crippen molar-refractivity contribution in [1.29, 1.82) is 0 Å². The Kier molecular flexibility index (Phi) is 10.7. The summed E-state index contributed by atoms with van der Waals surface area (Å²) in [5, 5.41) is 1.33. The number of rotatable bonds is 8. The Bertz CT molecular complexity index is 1440. The van der Waals surface area contributed by atoms with Gasteiger partial charge in [-0.25, -0.2) is 8.78 Å². The molecule has 2 atom stereocenters. The fourth-order valence-corrected chi connectivity index (χ4v) is 6.55. The van der Waals surface area contributed by atoms with Crippen molar-refractivity contribution in [2.75, 3.05) is 0 Å². The van der Waals surface area contributed by atoms with Gasteiger partial charge in [0.15, 0.2) is 0 Å². The fourth-order valence-electron chi connectivity index (χ4n) is 3.75. The Morgan fingerprint density at radius 2 is 0.949 bits per heavy atom. The summed E-state index contributed by atoms with van der Waals surface area (Å²) in [6.07, 6.45) is 7.44. The second kappa shape index (κ2) is 13.8. The highest BCUT2D eigenvalue weighted by Gasteiger charge is 2.22. The van der Waals surface area contributed by atoms with E-state index in [9.17, 15) is 8.78 Å². The zero-order valence-corrected chi connectivity index (χ0v) is 25.2. The molecule has 0 saturated heterocycles. The van der Waals surface area contributed by atoms with Gasteiger partial charge in [0.25, 0.3) is 0 Å². The van der Waals surface area contributed by atoms with E-state index in [0.717, 1.165) is 0 Å². The Hall–Kier alpha value is -1.69. The Balaban J connectivity index is 1.80. The van der Waals surface area contributed by atoms with Crippen molar-refractivity contribution >= 4 is 93.5 Å². The van der Waals surface area contributed by atoms with Gasteiger partial charge >= 0.3 is 0 Å². The minimum absolute atomic E-state index is 0.250. The smallest absolute Gasteiger partial charge is 0.124 e. The summed E-state index contributed by atoms with van der Waals surface area (Å²) in [4.78, 5) is 0. The van der Waals surface area contributed by atoms with Crippen LogP contribution in [0.2, 0.25) is 30.1 Å². The summed E-state index contributed by atoms with van der Waals surface area (Å²) < 4.78 is 27.9. The van der Waals surface area contributed by atoms with Gasteiger partial charge in [0, 0.05) is 10.0 Å². The van der Waals surface area contributed by atoms with Gasteiger partial charge in [-0.05, 0) is 58.7 Å². The first-order valence-electron chi connectivity index (χ1n) is 11.4. The maximum atomic E-state index is 13.9. The van der Waals surface area contributed by atoms with E-state index in [1.165, 1.54) is 36.0 Å². The second-order valence-electron chi connectivity index (χ2n) is 8.31. The quantitative estimate of drug-likeness (QED) is 0.181. The summed E-state index contributed by atoms with van der Waals surface area (Å²) in [7, 11) is 0. The van der Waals surface area contributed by atoms with Crippen molar-refractivity contribution in [3.63, 3.8) is 0 Å². The first-order valence-corrected chi connectivity index (χ1v) is 14.6. The number of halogens is 8. The monoisotopic (exact) mass is 658 g/mol. The maximum Gasteiger partial charge on any atom is 0.124 e. The van der Waals surface area contributed by atoms with Crippen LogP contribution in [0.4, 0.5) is 8.78 Å². The van der Waals surface area contributed by atoms with Crippen LogP contribution in [0.3, 0.4) is 0 Å². The Morgan fingerprint density at radius 3 is 1.33 bits per heavy atom. The van der Waals surface area contributed by atoms with Gasteiger partial charge in [-0.3, -0.25) is 0 Å². The van der Waals surface area contributed by atoms with E-state index in [1.807, 2.05) is 36.4 Å². The van der Waals surface area contributed by atoms with E-state index in [2.05, 4.69) is 0 Å². The van der Waals surface area contributed by atoms with Crippen molar-refractivity contribution < 1.29 is 8.78 Å². The molecule has 4 aromatic carbocycles. The van der Waals surface area contributed by atoms with E-state index < -0.39 is 22.1 Å². The van der Waals surface area contributed by atoms with Crippen molar-refractivity contribution in [3.8, 4) is 0 Å². The van der Waals surface area contributed by atoms with Crippen LogP contribution < -0.4 is 0 Å². The predicted molar refractivity (Wildman–Crippen MR) is 167 cm³/mol. The highest BCUT2D eigenvalue weighted by molar-refractivity contribution is 8.00. The van der Waals surface area contributed by atoms with Gasteiger partial charge in [-0.2, -0.15) is 0 Å². The van der Waals surface area contributed by atoms with E-state index in [1.54, 1.807) is 36.4 Å². The molecule has 39 heavy (non-hydrogen) atoms. The molecule has 0 fully saturated rings. The van der Waals surface area contributed by atoms with Crippen molar-refractivity contribution in [3.05, 3.63) is 149 Å². The zero-order valence-electron chi connectivity index (χ0n) is 19.8. The molecule has 0 bridgehead atoms. The number of hydrogen-bond donors (Lipinski definition) is 0. The molecule has 0 amide bonds. The summed E-state index contributed by atoms with van der Waals surface area (Å²) in [6, 6.07) is 19.1. The molecule has 4 aromatic rings. The molecule has 0 aromatic heterocycles. The van der Waals surface area contributed by atoms with Crippen LogP contribution in [0.1, 0.15) is 32.8 Å². The minimum atomic E-state index is -0.456. The molecule has 0 aliphatic heterocycles. The lowest BCUT2D eigenvalue weighted by Crippen LogP contribution is -2.00.